The number of rotatable bonds is 2. The van der Waals surface area contributed by atoms with Gasteiger partial charge in [0.25, 0.3) is 5.92 Å². The zero-order valence-electron chi connectivity index (χ0n) is 13.0. The molecule has 1 amide bonds. The van der Waals surface area contributed by atoms with Crippen molar-refractivity contribution in [2.75, 3.05) is 6.54 Å². The molecule has 6 heteroatoms. The molecule has 1 saturated heterocycles. The summed E-state index contributed by atoms with van der Waals surface area (Å²) < 4.78 is 27.6. The zero-order chi connectivity index (χ0) is 16.4. The van der Waals surface area contributed by atoms with Crippen LogP contribution in [-0.2, 0) is 4.79 Å². The number of carbonyl (C=O) groups is 1. The summed E-state index contributed by atoms with van der Waals surface area (Å²) in [4.78, 5) is 18.4. The minimum absolute atomic E-state index is 0.121. The SMILES string of the molecule is C[C@H]1CN(C(=O)C(C)(C)C(C)(F)F)[C@@H]2c3cncc(Cl)c3C21. The van der Waals surface area contributed by atoms with Gasteiger partial charge in [0.2, 0.25) is 5.91 Å². The lowest BCUT2D eigenvalue weighted by molar-refractivity contribution is -0.164. The second-order valence-corrected chi connectivity index (χ2v) is 7.45. The van der Waals surface area contributed by atoms with Gasteiger partial charge in [0.05, 0.1) is 11.1 Å². The molecule has 1 unspecified atom stereocenters. The van der Waals surface area contributed by atoms with Gasteiger partial charge in [-0.3, -0.25) is 9.78 Å². The van der Waals surface area contributed by atoms with Crippen molar-refractivity contribution < 1.29 is 13.6 Å². The molecule has 1 aliphatic carbocycles. The van der Waals surface area contributed by atoms with E-state index in [1.54, 1.807) is 17.3 Å². The number of pyridine rings is 1. The minimum Gasteiger partial charge on any atom is -0.334 e. The van der Waals surface area contributed by atoms with Gasteiger partial charge in [-0.25, -0.2) is 8.78 Å². The molecule has 0 saturated carbocycles. The first-order chi connectivity index (χ1) is 10.1. The molecule has 3 atom stereocenters. The molecule has 1 aromatic heterocycles. The van der Waals surface area contributed by atoms with Crippen molar-refractivity contribution in [1.29, 1.82) is 0 Å². The Labute approximate surface area is 133 Å². The summed E-state index contributed by atoms with van der Waals surface area (Å²) in [5, 5.41) is 0.597. The van der Waals surface area contributed by atoms with Crippen LogP contribution >= 0.6 is 11.6 Å². The lowest BCUT2D eigenvalue weighted by Gasteiger charge is -2.43. The van der Waals surface area contributed by atoms with E-state index in [1.807, 2.05) is 6.92 Å². The average molecular weight is 329 g/mol. The Morgan fingerprint density at radius 1 is 1.36 bits per heavy atom. The van der Waals surface area contributed by atoms with Gasteiger partial charge in [0.1, 0.15) is 5.41 Å². The first kappa shape index (κ1) is 15.7. The third-order valence-electron chi connectivity index (χ3n) is 5.29. The summed E-state index contributed by atoms with van der Waals surface area (Å²) in [7, 11) is 0. The Kier molecular flexibility index (Phi) is 3.30. The van der Waals surface area contributed by atoms with E-state index in [0.29, 0.717) is 11.6 Å². The molecule has 0 spiro atoms. The number of hydrogen-bond donors (Lipinski definition) is 0. The average Bonchev–Trinajstić information content (AvgIpc) is 2.65. The maximum atomic E-state index is 13.8. The molecule has 2 heterocycles. The predicted molar refractivity (Wildman–Crippen MR) is 80.0 cm³/mol. The van der Waals surface area contributed by atoms with E-state index in [9.17, 15) is 13.6 Å². The summed E-state index contributed by atoms with van der Waals surface area (Å²) in [6, 6.07) is -0.176. The third-order valence-corrected chi connectivity index (χ3v) is 5.59. The number of likely N-dealkylation sites (tertiary alicyclic amines) is 1. The van der Waals surface area contributed by atoms with Crippen LogP contribution in [0.25, 0.3) is 0 Å². The molecule has 1 aliphatic heterocycles. The Morgan fingerprint density at radius 3 is 2.59 bits per heavy atom. The largest absolute Gasteiger partial charge is 0.334 e. The van der Waals surface area contributed by atoms with Crippen molar-refractivity contribution in [2.24, 2.45) is 11.3 Å². The number of carbonyl (C=O) groups excluding carboxylic acids is 1. The Bertz CT molecular complexity index is 642. The highest BCUT2D eigenvalue weighted by atomic mass is 35.5. The van der Waals surface area contributed by atoms with Crippen molar-refractivity contribution >= 4 is 17.5 Å². The van der Waals surface area contributed by atoms with Gasteiger partial charge in [0.15, 0.2) is 0 Å². The lowest BCUT2D eigenvalue weighted by atomic mass is 9.70. The van der Waals surface area contributed by atoms with E-state index >= 15 is 0 Å². The number of halogens is 3. The van der Waals surface area contributed by atoms with Crippen LogP contribution < -0.4 is 0 Å². The molecule has 3 rings (SSSR count). The van der Waals surface area contributed by atoms with Crippen LogP contribution in [0.4, 0.5) is 8.78 Å². The smallest absolute Gasteiger partial charge is 0.259 e. The van der Waals surface area contributed by atoms with Crippen LogP contribution in [0, 0.1) is 11.3 Å². The fourth-order valence-corrected chi connectivity index (χ4v) is 3.84. The monoisotopic (exact) mass is 328 g/mol. The highest BCUT2D eigenvalue weighted by molar-refractivity contribution is 6.31. The van der Waals surface area contributed by atoms with Gasteiger partial charge in [0, 0.05) is 31.8 Å². The van der Waals surface area contributed by atoms with Crippen molar-refractivity contribution in [3.8, 4) is 0 Å². The van der Waals surface area contributed by atoms with Gasteiger partial charge in [-0.2, -0.15) is 0 Å². The minimum atomic E-state index is -3.08. The first-order valence-electron chi connectivity index (χ1n) is 7.39. The summed E-state index contributed by atoms with van der Waals surface area (Å²) in [6.45, 7) is 5.92. The number of alkyl halides is 2. The molecule has 120 valence electrons. The number of hydrogen-bond acceptors (Lipinski definition) is 2. The predicted octanol–water partition coefficient (Wildman–Crippen LogP) is 4.03. The fraction of sp³-hybridized carbons (Fsp3) is 0.625. The first-order valence-corrected chi connectivity index (χ1v) is 7.77. The van der Waals surface area contributed by atoms with Gasteiger partial charge >= 0.3 is 0 Å². The van der Waals surface area contributed by atoms with Gasteiger partial charge < -0.3 is 4.90 Å². The summed E-state index contributed by atoms with van der Waals surface area (Å²) >= 11 is 6.20. The molecular weight excluding hydrogens is 310 g/mol. The van der Waals surface area contributed by atoms with Gasteiger partial charge in [-0.05, 0) is 30.9 Å². The number of amides is 1. The summed E-state index contributed by atoms with van der Waals surface area (Å²) in [5.41, 5.74) is 0.180. The van der Waals surface area contributed by atoms with E-state index in [-0.39, 0.29) is 17.9 Å². The van der Waals surface area contributed by atoms with Crippen LogP contribution in [0.3, 0.4) is 0 Å². The molecule has 22 heavy (non-hydrogen) atoms. The van der Waals surface area contributed by atoms with E-state index < -0.39 is 17.2 Å². The molecule has 1 aromatic rings. The number of nitrogens with zero attached hydrogens (tertiary/aromatic N) is 2. The van der Waals surface area contributed by atoms with E-state index in [2.05, 4.69) is 4.98 Å². The molecule has 0 aromatic carbocycles. The lowest BCUT2D eigenvalue weighted by Crippen LogP contribution is -2.50. The van der Waals surface area contributed by atoms with Crippen molar-refractivity contribution in [1.82, 2.24) is 9.88 Å². The zero-order valence-corrected chi connectivity index (χ0v) is 13.8. The second-order valence-electron chi connectivity index (χ2n) is 7.04. The van der Waals surface area contributed by atoms with E-state index in [4.69, 9.17) is 11.6 Å². The van der Waals surface area contributed by atoms with Crippen molar-refractivity contribution in [2.45, 2.75) is 45.6 Å². The highest BCUT2D eigenvalue weighted by Crippen LogP contribution is 2.59. The van der Waals surface area contributed by atoms with Crippen LogP contribution in [0.1, 0.15) is 50.8 Å². The van der Waals surface area contributed by atoms with Crippen LogP contribution in [-0.4, -0.2) is 28.3 Å². The molecule has 0 radical (unpaired) electrons. The van der Waals surface area contributed by atoms with Crippen LogP contribution in [0.5, 0.6) is 0 Å². The summed E-state index contributed by atoms with van der Waals surface area (Å²) in [5.74, 6) is -3.27. The van der Waals surface area contributed by atoms with Crippen molar-refractivity contribution in [3.05, 3.63) is 28.5 Å². The Morgan fingerprint density at radius 2 is 2.00 bits per heavy atom. The summed E-state index contributed by atoms with van der Waals surface area (Å²) in [6.07, 6.45) is 3.29. The maximum absolute atomic E-state index is 13.8. The molecule has 3 nitrogen and oxygen atoms in total. The molecular formula is C16H19ClF2N2O. The number of aromatic nitrogens is 1. The quantitative estimate of drug-likeness (QED) is 0.821. The molecule has 0 bridgehead atoms. The standard InChI is InChI=1S/C16H19ClF2N2O/c1-8-7-21(14(22)15(2,3)16(4,18)19)13-9-5-20-6-10(17)12(9)11(8)13/h5-6,8,11,13H,7H2,1-4H3/t8-,11?,13+/m0/s1. The highest BCUT2D eigenvalue weighted by Gasteiger charge is 2.58. The molecule has 2 aliphatic rings. The molecule has 0 N–H and O–H groups in total. The topological polar surface area (TPSA) is 33.2 Å². The maximum Gasteiger partial charge on any atom is 0.259 e. The van der Waals surface area contributed by atoms with Crippen LogP contribution in [0.15, 0.2) is 12.4 Å². The second kappa shape index (κ2) is 4.63. The normalized spacial score (nSPS) is 27.2. The molecule has 1 fully saturated rings. The Hall–Kier alpha value is -1.23. The van der Waals surface area contributed by atoms with Crippen LogP contribution in [0.2, 0.25) is 5.02 Å². The fourth-order valence-electron chi connectivity index (χ4n) is 3.55. The van der Waals surface area contributed by atoms with Crippen molar-refractivity contribution in [3.63, 3.8) is 0 Å². The Balaban J connectivity index is 1.97. The number of fused-ring (bicyclic) bond motifs is 4. The van der Waals surface area contributed by atoms with Gasteiger partial charge in [-0.15, -0.1) is 0 Å². The van der Waals surface area contributed by atoms with Gasteiger partial charge in [-0.1, -0.05) is 18.5 Å². The third kappa shape index (κ3) is 1.91. The van der Waals surface area contributed by atoms with E-state index in [1.165, 1.54) is 13.8 Å². The van der Waals surface area contributed by atoms with E-state index in [0.717, 1.165) is 18.1 Å².